The second-order valence-corrected chi connectivity index (χ2v) is 8.17. The topological polar surface area (TPSA) is 102 Å². The van der Waals surface area contributed by atoms with Crippen molar-refractivity contribution in [2.24, 2.45) is 0 Å². The average molecular weight is 471 g/mol. The third-order valence-corrected chi connectivity index (χ3v) is 5.81. The van der Waals surface area contributed by atoms with E-state index in [2.05, 4.69) is 10.6 Å². The molecule has 2 amide bonds. The molecule has 4 rings (SSSR count). The van der Waals surface area contributed by atoms with Gasteiger partial charge >= 0.3 is 5.69 Å². The molecule has 0 aliphatic heterocycles. The van der Waals surface area contributed by atoms with Crippen LogP contribution in [0.3, 0.4) is 0 Å². The fourth-order valence-electron chi connectivity index (χ4n) is 4.00. The first-order valence-corrected chi connectivity index (χ1v) is 11.4. The maximum absolute atomic E-state index is 12.9. The maximum Gasteiger partial charge on any atom is 0.331 e. The van der Waals surface area contributed by atoms with Crippen LogP contribution in [0.5, 0.6) is 0 Å². The van der Waals surface area contributed by atoms with Gasteiger partial charge in [0, 0.05) is 17.8 Å². The van der Waals surface area contributed by atoms with Crippen LogP contribution in [0.15, 0.2) is 88.5 Å². The number of amides is 2. The van der Waals surface area contributed by atoms with Gasteiger partial charge in [0.2, 0.25) is 5.91 Å². The Morgan fingerprint density at radius 1 is 0.886 bits per heavy atom. The van der Waals surface area contributed by atoms with Crippen molar-refractivity contribution in [3.63, 3.8) is 0 Å². The van der Waals surface area contributed by atoms with E-state index in [0.29, 0.717) is 22.2 Å². The Hall–Kier alpha value is -4.46. The number of hydrogen-bond donors (Lipinski definition) is 2. The van der Waals surface area contributed by atoms with Crippen LogP contribution in [0.1, 0.15) is 35.8 Å². The molecule has 0 saturated carbocycles. The first-order chi connectivity index (χ1) is 16.9. The average Bonchev–Trinajstić information content (AvgIpc) is 2.87. The zero-order chi connectivity index (χ0) is 24.9. The molecule has 178 valence electrons. The Bertz CT molecular complexity index is 1510. The fourth-order valence-corrected chi connectivity index (χ4v) is 4.00. The van der Waals surface area contributed by atoms with Crippen LogP contribution in [-0.4, -0.2) is 20.9 Å². The van der Waals surface area contributed by atoms with Gasteiger partial charge in [-0.1, -0.05) is 42.5 Å². The fraction of sp³-hybridized carbons (Fsp3) is 0.185. The van der Waals surface area contributed by atoms with Gasteiger partial charge < -0.3 is 10.6 Å². The summed E-state index contributed by atoms with van der Waals surface area (Å²) in [6, 6.07) is 22.5. The SMILES string of the molecule is CCn1c(=O)c2ccccc2n(CC(=O)NC(C)c2cccc(NC(=O)c3ccccc3)c2)c1=O. The summed E-state index contributed by atoms with van der Waals surface area (Å²) in [7, 11) is 0. The number of para-hydroxylation sites is 1. The molecule has 0 bridgehead atoms. The number of nitrogens with zero attached hydrogens (tertiary/aromatic N) is 2. The predicted molar refractivity (Wildman–Crippen MR) is 136 cm³/mol. The minimum atomic E-state index is -0.523. The number of nitrogens with one attached hydrogen (secondary N) is 2. The van der Waals surface area contributed by atoms with Gasteiger partial charge in [0.05, 0.1) is 16.9 Å². The third kappa shape index (κ3) is 5.06. The highest BCUT2D eigenvalue weighted by Crippen LogP contribution is 2.18. The lowest BCUT2D eigenvalue weighted by atomic mass is 10.1. The summed E-state index contributed by atoms with van der Waals surface area (Å²) in [6.07, 6.45) is 0. The highest BCUT2D eigenvalue weighted by Gasteiger charge is 2.16. The van der Waals surface area contributed by atoms with Crippen LogP contribution in [0.25, 0.3) is 10.9 Å². The minimum Gasteiger partial charge on any atom is -0.348 e. The Kier molecular flexibility index (Phi) is 6.91. The smallest absolute Gasteiger partial charge is 0.331 e. The summed E-state index contributed by atoms with van der Waals surface area (Å²) in [5, 5.41) is 6.15. The van der Waals surface area contributed by atoms with Crippen molar-refractivity contribution >= 4 is 28.4 Å². The largest absolute Gasteiger partial charge is 0.348 e. The van der Waals surface area contributed by atoms with Crippen LogP contribution in [0, 0.1) is 0 Å². The molecule has 0 aliphatic carbocycles. The van der Waals surface area contributed by atoms with Gasteiger partial charge in [0.25, 0.3) is 11.5 Å². The van der Waals surface area contributed by atoms with Crippen molar-refractivity contribution < 1.29 is 9.59 Å². The van der Waals surface area contributed by atoms with Crippen molar-refractivity contribution in [1.29, 1.82) is 0 Å². The van der Waals surface area contributed by atoms with Crippen molar-refractivity contribution in [3.8, 4) is 0 Å². The van der Waals surface area contributed by atoms with E-state index in [1.165, 1.54) is 4.57 Å². The molecule has 1 heterocycles. The zero-order valence-electron chi connectivity index (χ0n) is 19.5. The van der Waals surface area contributed by atoms with Gasteiger partial charge in [-0.05, 0) is 55.8 Å². The number of aromatic nitrogens is 2. The van der Waals surface area contributed by atoms with E-state index in [9.17, 15) is 19.2 Å². The quantitative estimate of drug-likeness (QED) is 0.433. The second-order valence-electron chi connectivity index (χ2n) is 8.17. The van der Waals surface area contributed by atoms with Gasteiger partial charge in [0.1, 0.15) is 6.54 Å². The Morgan fingerprint density at radius 3 is 2.34 bits per heavy atom. The van der Waals surface area contributed by atoms with E-state index in [1.807, 2.05) is 19.1 Å². The van der Waals surface area contributed by atoms with Crippen molar-refractivity contribution in [3.05, 3.63) is 111 Å². The lowest BCUT2D eigenvalue weighted by molar-refractivity contribution is -0.122. The molecule has 3 aromatic carbocycles. The molecule has 35 heavy (non-hydrogen) atoms. The van der Waals surface area contributed by atoms with E-state index < -0.39 is 5.69 Å². The van der Waals surface area contributed by atoms with E-state index in [0.717, 1.165) is 10.1 Å². The molecule has 2 N–H and O–H groups in total. The number of benzene rings is 3. The van der Waals surface area contributed by atoms with Crippen molar-refractivity contribution in [2.45, 2.75) is 33.0 Å². The number of rotatable bonds is 7. The molecule has 1 aromatic heterocycles. The summed E-state index contributed by atoms with van der Waals surface area (Å²) in [6.45, 7) is 3.52. The number of carbonyl (C=O) groups is 2. The molecule has 4 aromatic rings. The van der Waals surface area contributed by atoms with E-state index in [-0.39, 0.29) is 36.5 Å². The summed E-state index contributed by atoms with van der Waals surface area (Å²) in [5.74, 6) is -0.596. The molecule has 0 radical (unpaired) electrons. The summed E-state index contributed by atoms with van der Waals surface area (Å²) in [5.41, 5.74) is 1.47. The Labute approximate surface area is 201 Å². The number of anilines is 1. The Balaban J connectivity index is 1.51. The van der Waals surface area contributed by atoms with Gasteiger partial charge in [-0.2, -0.15) is 0 Å². The van der Waals surface area contributed by atoms with Gasteiger partial charge in [-0.15, -0.1) is 0 Å². The van der Waals surface area contributed by atoms with Gasteiger partial charge in [-0.25, -0.2) is 4.79 Å². The lowest BCUT2D eigenvalue weighted by Crippen LogP contribution is -2.42. The summed E-state index contributed by atoms with van der Waals surface area (Å²) < 4.78 is 2.44. The monoisotopic (exact) mass is 470 g/mol. The molecule has 0 fully saturated rings. The molecule has 0 spiro atoms. The predicted octanol–water partition coefficient (Wildman–Crippen LogP) is 3.31. The highest BCUT2D eigenvalue weighted by atomic mass is 16.2. The second kappa shape index (κ2) is 10.2. The molecule has 0 aliphatic rings. The molecule has 8 heteroatoms. The molecule has 0 saturated heterocycles. The van der Waals surface area contributed by atoms with Crippen LogP contribution in [0.4, 0.5) is 5.69 Å². The molecule has 8 nitrogen and oxygen atoms in total. The molecule has 1 unspecified atom stereocenters. The van der Waals surface area contributed by atoms with Crippen LogP contribution in [0.2, 0.25) is 0 Å². The molecular formula is C27H26N4O4. The van der Waals surface area contributed by atoms with Crippen LogP contribution < -0.4 is 21.9 Å². The normalized spacial score (nSPS) is 11.7. The van der Waals surface area contributed by atoms with Crippen LogP contribution >= 0.6 is 0 Å². The minimum absolute atomic E-state index is 0.210. The lowest BCUT2D eigenvalue weighted by Gasteiger charge is -2.17. The van der Waals surface area contributed by atoms with E-state index >= 15 is 0 Å². The third-order valence-electron chi connectivity index (χ3n) is 5.81. The maximum atomic E-state index is 12.9. The van der Waals surface area contributed by atoms with Crippen molar-refractivity contribution in [2.75, 3.05) is 5.32 Å². The van der Waals surface area contributed by atoms with E-state index in [4.69, 9.17) is 0 Å². The summed E-state index contributed by atoms with van der Waals surface area (Å²) >= 11 is 0. The first kappa shape index (κ1) is 23.7. The summed E-state index contributed by atoms with van der Waals surface area (Å²) in [4.78, 5) is 50.8. The number of hydrogen-bond acceptors (Lipinski definition) is 4. The zero-order valence-corrected chi connectivity index (χ0v) is 19.5. The number of fused-ring (bicyclic) bond motifs is 1. The highest BCUT2D eigenvalue weighted by molar-refractivity contribution is 6.04. The van der Waals surface area contributed by atoms with Crippen molar-refractivity contribution in [1.82, 2.24) is 14.5 Å². The molecular weight excluding hydrogens is 444 g/mol. The van der Waals surface area contributed by atoms with Crippen LogP contribution in [-0.2, 0) is 17.9 Å². The van der Waals surface area contributed by atoms with Gasteiger partial charge in [0.15, 0.2) is 0 Å². The first-order valence-electron chi connectivity index (χ1n) is 11.4. The molecule has 1 atom stereocenters. The van der Waals surface area contributed by atoms with Gasteiger partial charge in [-0.3, -0.25) is 23.5 Å². The number of carbonyl (C=O) groups excluding carboxylic acids is 2. The standard InChI is InChI=1S/C27H26N4O4/c1-3-30-26(34)22-14-7-8-15-23(22)31(27(30)35)17-24(32)28-18(2)20-12-9-13-21(16-20)29-25(33)19-10-5-4-6-11-19/h4-16,18H,3,17H2,1-2H3,(H,28,32)(H,29,33). The van der Waals surface area contributed by atoms with E-state index in [1.54, 1.807) is 73.7 Å². The Morgan fingerprint density at radius 2 is 1.60 bits per heavy atom.